The molecule has 0 saturated heterocycles. The van der Waals surface area contributed by atoms with Gasteiger partial charge in [0.05, 0.1) is 0 Å². The van der Waals surface area contributed by atoms with Crippen LogP contribution in [0.2, 0.25) is 0 Å². The van der Waals surface area contributed by atoms with Gasteiger partial charge < -0.3 is 9.64 Å². The van der Waals surface area contributed by atoms with Crippen LogP contribution in [-0.4, -0.2) is 37.0 Å². The average molecular weight is 334 g/mol. The smallest absolute Gasteiger partial charge is 0.410 e. The Morgan fingerprint density at radius 2 is 2.16 bits per heavy atom. The molecule has 1 aromatic carbocycles. The number of carbonyl (C=O) groups is 1. The van der Waals surface area contributed by atoms with Crippen molar-refractivity contribution in [2.75, 3.05) is 19.9 Å². The minimum atomic E-state index is -1.29. The first kappa shape index (κ1) is 14.2. The first-order valence-corrected chi connectivity index (χ1v) is 6.78. The third kappa shape index (κ3) is 3.23. The van der Waals surface area contributed by atoms with E-state index in [1.54, 1.807) is 0 Å². The fraction of sp³-hybridized carbons (Fsp3) is 0.462. The molecule has 0 bridgehead atoms. The number of carbonyl (C=O) groups excluding carboxylic acids is 1. The monoisotopic (exact) mass is 333 g/mol. The van der Waals surface area contributed by atoms with E-state index in [2.05, 4.69) is 15.9 Å². The molecular weight excluding hydrogens is 320 g/mol. The number of nitrogens with zero attached hydrogens (tertiary/aromatic N) is 1. The van der Waals surface area contributed by atoms with Crippen molar-refractivity contribution in [1.82, 2.24) is 4.90 Å². The summed E-state index contributed by atoms with van der Waals surface area (Å²) in [5, 5.41) is 0. The zero-order valence-corrected chi connectivity index (χ0v) is 11.8. The number of fused-ring (bicyclic) bond motifs is 1. The molecule has 0 radical (unpaired) electrons. The number of hydrogen-bond donors (Lipinski definition) is 0. The molecule has 2 rings (SSSR count). The molecule has 6 heteroatoms. The van der Waals surface area contributed by atoms with Gasteiger partial charge in [0, 0.05) is 17.6 Å². The Morgan fingerprint density at radius 3 is 2.84 bits per heavy atom. The van der Waals surface area contributed by atoms with Gasteiger partial charge in [0.15, 0.2) is 6.10 Å². The second-order valence-corrected chi connectivity index (χ2v) is 5.22. The first-order valence-electron chi connectivity index (χ1n) is 5.99. The van der Waals surface area contributed by atoms with E-state index in [0.717, 1.165) is 10.0 Å². The van der Waals surface area contributed by atoms with Crippen molar-refractivity contribution in [3.63, 3.8) is 0 Å². The van der Waals surface area contributed by atoms with Crippen molar-refractivity contribution >= 4 is 22.0 Å². The van der Waals surface area contributed by atoms with E-state index in [0.29, 0.717) is 19.5 Å². The van der Waals surface area contributed by atoms with E-state index in [-0.39, 0.29) is 0 Å². The summed E-state index contributed by atoms with van der Waals surface area (Å²) < 4.78 is 30.4. The third-order valence-corrected chi connectivity index (χ3v) is 3.82. The summed E-state index contributed by atoms with van der Waals surface area (Å²) in [7, 11) is 0. The summed E-state index contributed by atoms with van der Waals surface area (Å²) in [5.74, 6) is 0. The largest absolute Gasteiger partial charge is 0.440 e. The summed E-state index contributed by atoms with van der Waals surface area (Å²) in [4.78, 5) is 13.2. The molecule has 0 N–H and O–H groups in total. The van der Waals surface area contributed by atoms with E-state index in [4.69, 9.17) is 4.74 Å². The Balaban J connectivity index is 2.03. The molecule has 1 amide bonds. The summed E-state index contributed by atoms with van der Waals surface area (Å²) in [6.45, 7) is -1.12. The van der Waals surface area contributed by atoms with Gasteiger partial charge in [-0.25, -0.2) is 13.6 Å². The van der Waals surface area contributed by atoms with Crippen molar-refractivity contribution in [3.05, 3.63) is 33.8 Å². The molecular formula is C13H14BrF2NO2. The van der Waals surface area contributed by atoms with Gasteiger partial charge in [-0.2, -0.15) is 0 Å². The van der Waals surface area contributed by atoms with Crippen molar-refractivity contribution in [2.24, 2.45) is 0 Å². The highest BCUT2D eigenvalue weighted by atomic mass is 79.9. The maximum atomic E-state index is 12.3. The molecule has 0 atom stereocenters. The fourth-order valence-corrected chi connectivity index (χ4v) is 2.65. The molecule has 0 saturated carbocycles. The molecule has 0 aliphatic carbocycles. The molecule has 0 unspecified atom stereocenters. The normalized spacial score (nSPS) is 14.4. The Kier molecular flexibility index (Phi) is 4.74. The minimum Gasteiger partial charge on any atom is -0.440 e. The van der Waals surface area contributed by atoms with E-state index < -0.39 is 25.5 Å². The lowest BCUT2D eigenvalue weighted by atomic mass is 10.0. The molecule has 0 fully saturated rings. The third-order valence-electron chi connectivity index (χ3n) is 3.08. The summed E-state index contributed by atoms with van der Waals surface area (Å²) in [6.07, 6.45) is -1.26. The van der Waals surface area contributed by atoms with Crippen LogP contribution in [0.3, 0.4) is 0 Å². The van der Waals surface area contributed by atoms with Gasteiger partial charge in [-0.05, 0) is 23.6 Å². The molecule has 0 aromatic heterocycles. The zero-order chi connectivity index (χ0) is 13.8. The number of halogens is 3. The van der Waals surface area contributed by atoms with Gasteiger partial charge in [-0.3, -0.25) is 0 Å². The number of rotatable bonds is 3. The van der Waals surface area contributed by atoms with Crippen LogP contribution in [0.4, 0.5) is 13.6 Å². The predicted molar refractivity (Wildman–Crippen MR) is 70.5 cm³/mol. The first-order chi connectivity index (χ1) is 9.15. The van der Waals surface area contributed by atoms with E-state index in [1.165, 1.54) is 10.5 Å². The van der Waals surface area contributed by atoms with Crippen molar-refractivity contribution in [3.8, 4) is 0 Å². The number of amides is 1. The van der Waals surface area contributed by atoms with E-state index >= 15 is 0 Å². The van der Waals surface area contributed by atoms with Crippen molar-refractivity contribution in [1.29, 1.82) is 0 Å². The Bertz CT molecular complexity index is 466. The van der Waals surface area contributed by atoms with Crippen LogP contribution < -0.4 is 0 Å². The number of ether oxygens (including phenoxy) is 1. The number of hydrogen-bond acceptors (Lipinski definition) is 2. The van der Waals surface area contributed by atoms with Gasteiger partial charge in [0.2, 0.25) is 0 Å². The maximum absolute atomic E-state index is 12.3. The molecule has 1 aliphatic heterocycles. The summed E-state index contributed by atoms with van der Waals surface area (Å²) in [6, 6.07) is 5.78. The minimum absolute atomic E-state index is 0.402. The Hall–Kier alpha value is -1.17. The van der Waals surface area contributed by atoms with Crippen LogP contribution >= 0.6 is 15.9 Å². The lowest BCUT2D eigenvalue weighted by Gasteiger charge is -2.29. The Labute approximate surface area is 118 Å². The van der Waals surface area contributed by atoms with Crippen LogP contribution in [-0.2, 0) is 17.7 Å². The predicted octanol–water partition coefficient (Wildman–Crippen LogP) is 3.25. The van der Waals surface area contributed by atoms with Crippen molar-refractivity contribution in [2.45, 2.75) is 19.1 Å². The van der Waals surface area contributed by atoms with Gasteiger partial charge in [-0.1, -0.05) is 28.1 Å². The maximum Gasteiger partial charge on any atom is 0.410 e. The van der Waals surface area contributed by atoms with Gasteiger partial charge >= 0.3 is 6.09 Å². The topological polar surface area (TPSA) is 29.5 Å². The number of alkyl halides is 2. The van der Waals surface area contributed by atoms with E-state index in [1.807, 2.05) is 18.2 Å². The zero-order valence-electron chi connectivity index (χ0n) is 10.2. The van der Waals surface area contributed by atoms with Crippen LogP contribution in [0.5, 0.6) is 0 Å². The highest BCUT2D eigenvalue weighted by Gasteiger charge is 2.25. The summed E-state index contributed by atoms with van der Waals surface area (Å²) in [5.41, 5.74) is 2.19. The van der Waals surface area contributed by atoms with Crippen LogP contribution in [0.15, 0.2) is 22.7 Å². The summed E-state index contributed by atoms with van der Waals surface area (Å²) >= 11 is 3.47. The van der Waals surface area contributed by atoms with E-state index in [9.17, 15) is 13.6 Å². The fourth-order valence-electron chi connectivity index (χ4n) is 2.04. The molecule has 104 valence electrons. The molecule has 19 heavy (non-hydrogen) atoms. The van der Waals surface area contributed by atoms with Gasteiger partial charge in [0.1, 0.15) is 13.3 Å². The quantitative estimate of drug-likeness (QED) is 0.849. The lowest BCUT2D eigenvalue weighted by molar-refractivity contribution is 0.0363. The lowest BCUT2D eigenvalue weighted by Crippen LogP contribution is -2.39. The molecule has 1 aromatic rings. The Morgan fingerprint density at radius 1 is 1.42 bits per heavy atom. The molecule has 0 spiro atoms. The number of benzene rings is 1. The standard InChI is InChI=1S/C13H14BrF2NO2/c14-12-3-1-2-9-8-17(5-4-11(9)12)13(18)19-10(6-15)7-16/h1-3,10H,4-8H2. The van der Waals surface area contributed by atoms with Gasteiger partial charge in [0.25, 0.3) is 0 Å². The molecule has 1 heterocycles. The second kappa shape index (κ2) is 6.32. The average Bonchev–Trinajstić information content (AvgIpc) is 2.44. The molecule has 1 aliphatic rings. The highest BCUT2D eigenvalue weighted by molar-refractivity contribution is 9.10. The van der Waals surface area contributed by atoms with Crippen LogP contribution in [0.1, 0.15) is 11.1 Å². The van der Waals surface area contributed by atoms with Crippen LogP contribution in [0, 0.1) is 0 Å². The molecule has 3 nitrogen and oxygen atoms in total. The second-order valence-electron chi connectivity index (χ2n) is 4.36. The van der Waals surface area contributed by atoms with Crippen LogP contribution in [0.25, 0.3) is 0 Å². The SMILES string of the molecule is O=C(OC(CF)CF)N1CCc2c(Br)cccc2C1. The van der Waals surface area contributed by atoms with Crippen molar-refractivity contribution < 1.29 is 18.3 Å². The highest BCUT2D eigenvalue weighted by Crippen LogP contribution is 2.26. The van der Waals surface area contributed by atoms with Gasteiger partial charge in [-0.15, -0.1) is 0 Å².